The first kappa shape index (κ1) is 18.4. The molecule has 0 spiro atoms. The Morgan fingerprint density at radius 1 is 1.08 bits per heavy atom. The third-order valence-corrected chi connectivity index (χ3v) is 3.64. The maximum Gasteiger partial charge on any atom is 0.255 e. The molecule has 0 heterocycles. The minimum Gasteiger partial charge on any atom is -0.374 e. The number of nitrogens with one attached hydrogen (secondary N) is 3. The van der Waals surface area contributed by atoms with E-state index in [1.54, 1.807) is 55.5 Å². The molecule has 2 rings (SSSR count). The second-order valence-corrected chi connectivity index (χ2v) is 5.76. The molecule has 6 heteroatoms. The monoisotopic (exact) mass is 355 g/mol. The average molecular weight is 356 g/mol. The Labute approximate surface area is 151 Å². The molecule has 0 aliphatic carbocycles. The minimum absolute atomic E-state index is 0.182. The van der Waals surface area contributed by atoms with Crippen LogP contribution in [-0.4, -0.2) is 24.4 Å². The summed E-state index contributed by atoms with van der Waals surface area (Å²) in [5.41, 5.74) is 1.92. The van der Waals surface area contributed by atoms with Crippen LogP contribution < -0.4 is 16.0 Å². The van der Waals surface area contributed by atoms with E-state index in [0.29, 0.717) is 16.3 Å². The minimum atomic E-state index is -0.428. The smallest absolute Gasteiger partial charge is 0.255 e. The molecule has 0 aromatic heterocycles. The van der Waals surface area contributed by atoms with E-state index in [9.17, 15) is 9.59 Å². The van der Waals surface area contributed by atoms with E-state index in [1.165, 1.54) is 0 Å². The van der Waals surface area contributed by atoms with Gasteiger partial charge in [-0.1, -0.05) is 17.5 Å². The van der Waals surface area contributed by atoms with Crippen LogP contribution in [-0.2, 0) is 4.79 Å². The van der Waals surface area contributed by atoms with Gasteiger partial charge in [-0.05, 0) is 55.5 Å². The molecule has 2 aromatic rings. The van der Waals surface area contributed by atoms with E-state index >= 15 is 0 Å². The first-order valence-electron chi connectivity index (χ1n) is 7.64. The number of amides is 2. The van der Waals surface area contributed by atoms with Gasteiger partial charge in [-0.2, -0.15) is 0 Å². The van der Waals surface area contributed by atoms with Crippen LogP contribution in [0.4, 0.5) is 11.4 Å². The van der Waals surface area contributed by atoms with Gasteiger partial charge in [0.15, 0.2) is 0 Å². The Balaban J connectivity index is 1.93. The first-order valence-corrected chi connectivity index (χ1v) is 8.02. The zero-order chi connectivity index (χ0) is 18.2. The number of hydrogen-bond acceptors (Lipinski definition) is 3. The van der Waals surface area contributed by atoms with Crippen LogP contribution in [0.5, 0.6) is 0 Å². The van der Waals surface area contributed by atoms with Crippen LogP contribution in [0.15, 0.2) is 48.5 Å². The maximum absolute atomic E-state index is 12.1. The van der Waals surface area contributed by atoms with Crippen molar-refractivity contribution in [3.8, 4) is 12.3 Å². The Hall–Kier alpha value is -2.97. The SMILES string of the molecule is C#CCNC(=O)[C@H](C)Nc1ccc(NC(=O)c2ccc(Cl)cc2)cc1. The fourth-order valence-corrected chi connectivity index (χ4v) is 2.19. The quantitative estimate of drug-likeness (QED) is 0.697. The third-order valence-electron chi connectivity index (χ3n) is 3.39. The molecule has 0 unspecified atom stereocenters. The number of hydrogen-bond donors (Lipinski definition) is 3. The van der Waals surface area contributed by atoms with Gasteiger partial charge in [0.1, 0.15) is 6.04 Å². The predicted molar refractivity (Wildman–Crippen MR) is 101 cm³/mol. The lowest BCUT2D eigenvalue weighted by atomic mass is 10.2. The van der Waals surface area contributed by atoms with Crippen molar-refractivity contribution in [2.75, 3.05) is 17.2 Å². The van der Waals surface area contributed by atoms with Crippen molar-refractivity contribution in [2.45, 2.75) is 13.0 Å². The number of benzene rings is 2. The molecule has 3 N–H and O–H groups in total. The summed E-state index contributed by atoms with van der Waals surface area (Å²) in [4.78, 5) is 23.9. The van der Waals surface area contributed by atoms with Crippen LogP contribution in [0.1, 0.15) is 17.3 Å². The molecule has 0 radical (unpaired) electrons. The number of rotatable bonds is 6. The van der Waals surface area contributed by atoms with Crippen molar-refractivity contribution in [3.05, 3.63) is 59.1 Å². The average Bonchev–Trinajstić information content (AvgIpc) is 2.61. The van der Waals surface area contributed by atoms with Crippen molar-refractivity contribution in [1.82, 2.24) is 5.32 Å². The summed E-state index contributed by atoms with van der Waals surface area (Å²) in [5, 5.41) is 9.04. The normalized spacial score (nSPS) is 11.1. The Kier molecular flexibility index (Phi) is 6.44. The van der Waals surface area contributed by atoms with Crippen LogP contribution >= 0.6 is 11.6 Å². The first-order chi connectivity index (χ1) is 12.0. The highest BCUT2D eigenvalue weighted by atomic mass is 35.5. The second kappa shape index (κ2) is 8.76. The van der Waals surface area contributed by atoms with Crippen molar-refractivity contribution in [2.24, 2.45) is 0 Å². The molecule has 0 bridgehead atoms. The van der Waals surface area contributed by atoms with Crippen LogP contribution in [0, 0.1) is 12.3 Å². The molecule has 0 fully saturated rings. The molecule has 128 valence electrons. The topological polar surface area (TPSA) is 70.2 Å². The molecule has 2 aromatic carbocycles. The largest absolute Gasteiger partial charge is 0.374 e. The third kappa shape index (κ3) is 5.55. The lowest BCUT2D eigenvalue weighted by molar-refractivity contribution is -0.121. The standard InChI is InChI=1S/C19H18ClN3O2/c1-3-12-21-18(24)13(2)22-16-8-10-17(11-9-16)23-19(25)14-4-6-15(20)7-5-14/h1,4-11,13,22H,12H2,2H3,(H,21,24)(H,23,25)/t13-/m0/s1. The zero-order valence-electron chi connectivity index (χ0n) is 13.7. The lowest BCUT2D eigenvalue weighted by Gasteiger charge is -2.15. The second-order valence-electron chi connectivity index (χ2n) is 5.33. The zero-order valence-corrected chi connectivity index (χ0v) is 14.4. The van der Waals surface area contributed by atoms with Gasteiger partial charge in [0, 0.05) is 22.0 Å². The van der Waals surface area contributed by atoms with Crippen LogP contribution in [0.25, 0.3) is 0 Å². The van der Waals surface area contributed by atoms with Crippen molar-refractivity contribution in [1.29, 1.82) is 0 Å². The summed E-state index contributed by atoms with van der Waals surface area (Å²) >= 11 is 5.81. The molecular formula is C19H18ClN3O2. The summed E-state index contributed by atoms with van der Waals surface area (Å²) < 4.78 is 0. The lowest BCUT2D eigenvalue weighted by Crippen LogP contribution is -2.37. The summed E-state index contributed by atoms with van der Waals surface area (Å²) in [6.45, 7) is 1.93. The highest BCUT2D eigenvalue weighted by Gasteiger charge is 2.11. The van der Waals surface area contributed by atoms with Gasteiger partial charge >= 0.3 is 0 Å². The number of terminal acetylenes is 1. The summed E-state index contributed by atoms with van der Waals surface area (Å²) in [5.74, 6) is 1.95. The van der Waals surface area contributed by atoms with E-state index in [2.05, 4.69) is 21.9 Å². The van der Waals surface area contributed by atoms with Gasteiger partial charge in [0.25, 0.3) is 5.91 Å². The fraction of sp³-hybridized carbons (Fsp3) is 0.158. The molecule has 0 aliphatic rings. The van der Waals surface area contributed by atoms with E-state index in [1.807, 2.05) is 0 Å². The number of carbonyl (C=O) groups excluding carboxylic acids is 2. The van der Waals surface area contributed by atoms with Gasteiger partial charge in [0.2, 0.25) is 5.91 Å². The summed E-state index contributed by atoms with van der Waals surface area (Å²) in [7, 11) is 0. The van der Waals surface area contributed by atoms with Crippen LogP contribution in [0.3, 0.4) is 0 Å². The Morgan fingerprint density at radius 2 is 1.68 bits per heavy atom. The fourth-order valence-electron chi connectivity index (χ4n) is 2.06. The Morgan fingerprint density at radius 3 is 2.28 bits per heavy atom. The van der Waals surface area contributed by atoms with E-state index in [4.69, 9.17) is 18.0 Å². The molecule has 2 amide bonds. The highest BCUT2D eigenvalue weighted by Crippen LogP contribution is 2.16. The van der Waals surface area contributed by atoms with Gasteiger partial charge in [-0.25, -0.2) is 0 Å². The van der Waals surface area contributed by atoms with Crippen molar-refractivity contribution in [3.63, 3.8) is 0 Å². The van der Waals surface area contributed by atoms with Gasteiger partial charge in [-0.15, -0.1) is 6.42 Å². The molecule has 0 saturated heterocycles. The van der Waals surface area contributed by atoms with E-state index in [-0.39, 0.29) is 18.4 Å². The highest BCUT2D eigenvalue weighted by molar-refractivity contribution is 6.30. The predicted octanol–water partition coefficient (Wildman–Crippen LogP) is 3.14. The van der Waals surface area contributed by atoms with Gasteiger partial charge < -0.3 is 16.0 Å². The van der Waals surface area contributed by atoms with Gasteiger partial charge in [0.05, 0.1) is 6.54 Å². The molecule has 1 atom stereocenters. The summed E-state index contributed by atoms with van der Waals surface area (Å²) in [6, 6.07) is 13.3. The molecule has 0 saturated carbocycles. The maximum atomic E-state index is 12.1. The molecule has 0 aliphatic heterocycles. The molecular weight excluding hydrogens is 338 g/mol. The molecule has 25 heavy (non-hydrogen) atoms. The van der Waals surface area contributed by atoms with E-state index in [0.717, 1.165) is 5.69 Å². The number of carbonyl (C=O) groups is 2. The van der Waals surface area contributed by atoms with Crippen LogP contribution in [0.2, 0.25) is 5.02 Å². The number of halogens is 1. The van der Waals surface area contributed by atoms with Crippen molar-refractivity contribution < 1.29 is 9.59 Å². The van der Waals surface area contributed by atoms with Crippen molar-refractivity contribution >= 4 is 34.8 Å². The molecule has 5 nitrogen and oxygen atoms in total. The number of anilines is 2. The van der Waals surface area contributed by atoms with E-state index < -0.39 is 6.04 Å². The van der Waals surface area contributed by atoms with Gasteiger partial charge in [-0.3, -0.25) is 9.59 Å². The summed E-state index contributed by atoms with van der Waals surface area (Å²) in [6.07, 6.45) is 5.11. The Bertz CT molecular complexity index is 780.